The summed E-state index contributed by atoms with van der Waals surface area (Å²) in [6.45, 7) is 0. The van der Waals surface area contributed by atoms with E-state index in [0.29, 0.717) is 16.1 Å². The van der Waals surface area contributed by atoms with Crippen LogP contribution < -0.4 is 0 Å². The van der Waals surface area contributed by atoms with Gasteiger partial charge in [0, 0.05) is 17.7 Å². The van der Waals surface area contributed by atoms with Crippen LogP contribution in [0.25, 0.3) is 11.1 Å². The maximum absolute atomic E-state index is 10.6. The Morgan fingerprint density at radius 2 is 1.67 bits per heavy atom. The summed E-state index contributed by atoms with van der Waals surface area (Å²) in [5.41, 5.74) is 1.03. The number of halogens is 2. The number of nitro groups is 1. The molecule has 0 amide bonds. The molecule has 0 bridgehead atoms. The number of hydrogen-bond acceptors (Lipinski definition) is 3. The second-order valence-electron chi connectivity index (χ2n) is 3.56. The highest BCUT2D eigenvalue weighted by atomic mass is 35.5. The zero-order valence-corrected chi connectivity index (χ0v) is 10.4. The molecule has 0 saturated carbocycles. The van der Waals surface area contributed by atoms with E-state index in [1.54, 1.807) is 0 Å². The highest BCUT2D eigenvalue weighted by Crippen LogP contribution is 2.40. The molecule has 4 nitrogen and oxygen atoms in total. The molecule has 2 aromatic rings. The van der Waals surface area contributed by atoms with E-state index in [9.17, 15) is 15.2 Å². The molecular formula is C12H7Cl2NO3. The molecule has 0 unspecified atom stereocenters. The Morgan fingerprint density at radius 1 is 1.06 bits per heavy atom. The van der Waals surface area contributed by atoms with Crippen LogP contribution in [0.5, 0.6) is 5.75 Å². The van der Waals surface area contributed by atoms with Crippen molar-refractivity contribution in [3.8, 4) is 16.9 Å². The molecule has 92 valence electrons. The fourth-order valence-corrected chi connectivity index (χ4v) is 2.14. The molecule has 0 spiro atoms. The molecule has 0 aromatic heterocycles. The average Bonchev–Trinajstić information content (AvgIpc) is 2.35. The van der Waals surface area contributed by atoms with Crippen LogP contribution in [0.4, 0.5) is 5.69 Å². The first-order valence-electron chi connectivity index (χ1n) is 4.92. The van der Waals surface area contributed by atoms with E-state index in [4.69, 9.17) is 23.2 Å². The Morgan fingerprint density at radius 3 is 2.22 bits per heavy atom. The van der Waals surface area contributed by atoms with Crippen LogP contribution in [0.2, 0.25) is 10.0 Å². The van der Waals surface area contributed by atoms with Crippen LogP contribution in [-0.4, -0.2) is 10.0 Å². The van der Waals surface area contributed by atoms with Crippen molar-refractivity contribution in [3.05, 3.63) is 56.6 Å². The standard InChI is InChI=1S/C12H7Cl2NO3/c13-9-5-6-10(16)12(14)11(9)7-1-3-8(4-2-7)15(17)18/h1-6,16H. The average molecular weight is 284 g/mol. The second-order valence-corrected chi connectivity index (χ2v) is 4.34. The van der Waals surface area contributed by atoms with Gasteiger partial charge in [0.25, 0.3) is 5.69 Å². The van der Waals surface area contributed by atoms with E-state index in [0.717, 1.165) is 0 Å². The molecule has 18 heavy (non-hydrogen) atoms. The summed E-state index contributed by atoms with van der Waals surface area (Å²) in [7, 11) is 0. The maximum atomic E-state index is 10.6. The van der Waals surface area contributed by atoms with E-state index in [-0.39, 0.29) is 16.5 Å². The van der Waals surface area contributed by atoms with Gasteiger partial charge in [0.05, 0.1) is 15.0 Å². The summed E-state index contributed by atoms with van der Waals surface area (Å²) in [4.78, 5) is 10.1. The lowest BCUT2D eigenvalue weighted by Crippen LogP contribution is -1.88. The van der Waals surface area contributed by atoms with Gasteiger partial charge in [-0.1, -0.05) is 23.2 Å². The summed E-state index contributed by atoms with van der Waals surface area (Å²) < 4.78 is 0. The van der Waals surface area contributed by atoms with Gasteiger partial charge >= 0.3 is 0 Å². The zero-order valence-electron chi connectivity index (χ0n) is 8.93. The number of phenols is 1. The summed E-state index contributed by atoms with van der Waals surface area (Å²) >= 11 is 12.0. The summed E-state index contributed by atoms with van der Waals surface area (Å²) in [5, 5.41) is 20.6. The second kappa shape index (κ2) is 4.84. The first kappa shape index (κ1) is 12.7. The Balaban J connectivity index is 2.55. The molecule has 0 aliphatic carbocycles. The highest BCUT2D eigenvalue weighted by molar-refractivity contribution is 6.40. The monoisotopic (exact) mass is 283 g/mol. The van der Waals surface area contributed by atoms with Gasteiger partial charge in [0.15, 0.2) is 0 Å². The third kappa shape index (κ3) is 2.25. The summed E-state index contributed by atoms with van der Waals surface area (Å²) in [5.74, 6) is -0.0885. The third-order valence-electron chi connectivity index (χ3n) is 2.44. The van der Waals surface area contributed by atoms with Gasteiger partial charge in [-0.3, -0.25) is 10.1 Å². The minimum Gasteiger partial charge on any atom is -0.506 e. The molecule has 0 fully saturated rings. The minimum absolute atomic E-state index is 0.0221. The van der Waals surface area contributed by atoms with Crippen LogP contribution in [0.3, 0.4) is 0 Å². The molecule has 0 aliphatic heterocycles. The molecule has 6 heteroatoms. The first-order valence-corrected chi connectivity index (χ1v) is 5.68. The Kier molecular flexibility index (Phi) is 3.41. The number of nitrogens with zero attached hydrogens (tertiary/aromatic N) is 1. The number of benzene rings is 2. The Hall–Kier alpha value is -1.78. The molecule has 0 heterocycles. The number of nitro benzene ring substituents is 1. The summed E-state index contributed by atoms with van der Waals surface area (Å²) in [6.07, 6.45) is 0. The van der Waals surface area contributed by atoms with Gasteiger partial charge in [0.2, 0.25) is 0 Å². The maximum Gasteiger partial charge on any atom is 0.269 e. The minimum atomic E-state index is -0.491. The van der Waals surface area contributed by atoms with Crippen LogP contribution >= 0.6 is 23.2 Å². The molecule has 0 atom stereocenters. The van der Waals surface area contributed by atoms with Crippen molar-refractivity contribution < 1.29 is 10.0 Å². The topological polar surface area (TPSA) is 63.4 Å². The molecule has 0 aliphatic rings. The van der Waals surface area contributed by atoms with Gasteiger partial charge in [-0.05, 0) is 29.8 Å². The quantitative estimate of drug-likeness (QED) is 0.661. The summed E-state index contributed by atoms with van der Waals surface area (Å²) in [6, 6.07) is 8.67. The van der Waals surface area contributed by atoms with Crippen LogP contribution in [0.1, 0.15) is 0 Å². The normalized spacial score (nSPS) is 10.3. The zero-order chi connectivity index (χ0) is 13.3. The van der Waals surface area contributed by atoms with Gasteiger partial charge in [0.1, 0.15) is 5.75 Å². The van der Waals surface area contributed by atoms with Crippen molar-refractivity contribution in [3.63, 3.8) is 0 Å². The lowest BCUT2D eigenvalue weighted by Gasteiger charge is -2.08. The number of phenolic OH excluding ortho intramolecular Hbond substituents is 1. The molecule has 1 N–H and O–H groups in total. The lowest BCUT2D eigenvalue weighted by molar-refractivity contribution is -0.384. The van der Waals surface area contributed by atoms with Crippen molar-refractivity contribution in [2.75, 3.05) is 0 Å². The van der Waals surface area contributed by atoms with E-state index in [1.807, 2.05) is 0 Å². The SMILES string of the molecule is O=[N+]([O-])c1ccc(-c2c(Cl)ccc(O)c2Cl)cc1. The fourth-order valence-electron chi connectivity index (χ4n) is 1.56. The van der Waals surface area contributed by atoms with Crippen molar-refractivity contribution in [2.24, 2.45) is 0 Å². The van der Waals surface area contributed by atoms with E-state index < -0.39 is 4.92 Å². The molecular weight excluding hydrogens is 277 g/mol. The van der Waals surface area contributed by atoms with Gasteiger partial charge < -0.3 is 5.11 Å². The number of rotatable bonds is 2. The number of hydrogen-bond donors (Lipinski definition) is 1. The Labute approximate surface area is 113 Å². The lowest BCUT2D eigenvalue weighted by atomic mass is 10.0. The van der Waals surface area contributed by atoms with E-state index in [2.05, 4.69) is 0 Å². The largest absolute Gasteiger partial charge is 0.506 e. The van der Waals surface area contributed by atoms with Crippen molar-refractivity contribution >= 4 is 28.9 Å². The van der Waals surface area contributed by atoms with Crippen LogP contribution in [0.15, 0.2) is 36.4 Å². The Bertz CT molecular complexity index is 611. The number of non-ortho nitro benzene ring substituents is 1. The van der Waals surface area contributed by atoms with E-state index >= 15 is 0 Å². The van der Waals surface area contributed by atoms with E-state index in [1.165, 1.54) is 36.4 Å². The van der Waals surface area contributed by atoms with Gasteiger partial charge in [-0.25, -0.2) is 0 Å². The molecule has 2 aromatic carbocycles. The van der Waals surface area contributed by atoms with Crippen molar-refractivity contribution in [1.82, 2.24) is 0 Å². The first-order chi connectivity index (χ1) is 8.50. The fraction of sp³-hybridized carbons (Fsp3) is 0. The highest BCUT2D eigenvalue weighted by Gasteiger charge is 2.13. The smallest absolute Gasteiger partial charge is 0.269 e. The van der Waals surface area contributed by atoms with Crippen LogP contribution in [-0.2, 0) is 0 Å². The molecule has 0 radical (unpaired) electrons. The predicted octanol–water partition coefficient (Wildman–Crippen LogP) is 4.27. The number of aromatic hydroxyl groups is 1. The molecule has 2 rings (SSSR count). The van der Waals surface area contributed by atoms with Crippen LogP contribution in [0, 0.1) is 10.1 Å². The predicted molar refractivity (Wildman–Crippen MR) is 70.2 cm³/mol. The molecule has 0 saturated heterocycles. The third-order valence-corrected chi connectivity index (χ3v) is 3.14. The van der Waals surface area contributed by atoms with Crippen molar-refractivity contribution in [2.45, 2.75) is 0 Å². The van der Waals surface area contributed by atoms with Gasteiger partial charge in [-0.2, -0.15) is 0 Å². The van der Waals surface area contributed by atoms with Crippen molar-refractivity contribution in [1.29, 1.82) is 0 Å². The van der Waals surface area contributed by atoms with Gasteiger partial charge in [-0.15, -0.1) is 0 Å².